The van der Waals surface area contributed by atoms with Crippen molar-refractivity contribution < 1.29 is 13.9 Å². The summed E-state index contributed by atoms with van der Waals surface area (Å²) in [7, 11) is 1.63. The monoisotopic (exact) mass is 476 g/mol. The van der Waals surface area contributed by atoms with Crippen molar-refractivity contribution in [2.75, 3.05) is 25.6 Å². The van der Waals surface area contributed by atoms with Gasteiger partial charge in [0.2, 0.25) is 0 Å². The van der Waals surface area contributed by atoms with Crippen LogP contribution in [-0.4, -0.2) is 56.9 Å². The van der Waals surface area contributed by atoms with Gasteiger partial charge in [-0.05, 0) is 50.1 Å². The minimum Gasteiger partial charge on any atom is -0.383 e. The Morgan fingerprint density at radius 1 is 1.26 bits per heavy atom. The molecule has 0 unspecified atom stereocenters. The summed E-state index contributed by atoms with van der Waals surface area (Å²) >= 11 is 0. The summed E-state index contributed by atoms with van der Waals surface area (Å²) < 4.78 is 21.6. The van der Waals surface area contributed by atoms with Gasteiger partial charge in [0.1, 0.15) is 11.6 Å². The summed E-state index contributed by atoms with van der Waals surface area (Å²) in [5.41, 5.74) is 3.38. The SMILES string of the molecule is COCCn1cc(-c2ccc(C(=O)Nc3cc4[nH]c(CN5CCC[C@@H]5C)cc4cn3)c(F)c2)cn1. The molecule has 1 amide bonds. The number of nitrogens with one attached hydrogen (secondary N) is 2. The van der Waals surface area contributed by atoms with E-state index < -0.39 is 11.7 Å². The van der Waals surface area contributed by atoms with Crippen LogP contribution in [0.25, 0.3) is 22.0 Å². The van der Waals surface area contributed by atoms with Crippen molar-refractivity contribution in [1.82, 2.24) is 24.6 Å². The molecular weight excluding hydrogens is 447 g/mol. The number of aromatic nitrogens is 4. The van der Waals surface area contributed by atoms with Crippen LogP contribution in [0.15, 0.2) is 48.9 Å². The predicted octanol–water partition coefficient (Wildman–Crippen LogP) is 4.45. The van der Waals surface area contributed by atoms with Gasteiger partial charge in [-0.2, -0.15) is 5.10 Å². The Morgan fingerprint density at radius 3 is 2.91 bits per heavy atom. The van der Waals surface area contributed by atoms with E-state index in [-0.39, 0.29) is 5.56 Å². The molecule has 3 aromatic heterocycles. The Hall–Kier alpha value is -3.56. The standard InChI is InChI=1S/C26H29FN6O2/c1-17-4-3-7-32(17)16-21-10-19-13-28-25(12-24(19)30-21)31-26(34)22-6-5-18(11-23(22)27)20-14-29-33(15-20)8-9-35-2/h5-6,10-15,17,30H,3-4,7-9,16H2,1-2H3,(H,28,31,34)/t17-/m0/s1. The number of fused-ring (bicyclic) bond motifs is 1. The molecule has 0 saturated carbocycles. The van der Waals surface area contributed by atoms with E-state index in [0.29, 0.717) is 30.6 Å². The van der Waals surface area contributed by atoms with Crippen molar-refractivity contribution >= 4 is 22.6 Å². The summed E-state index contributed by atoms with van der Waals surface area (Å²) in [6.07, 6.45) is 7.67. The number of likely N-dealkylation sites (tertiary alicyclic amines) is 1. The second-order valence-electron chi connectivity index (χ2n) is 9.05. The lowest BCUT2D eigenvalue weighted by Crippen LogP contribution is -2.26. The third-order valence-corrected chi connectivity index (χ3v) is 6.57. The number of hydrogen-bond acceptors (Lipinski definition) is 5. The lowest BCUT2D eigenvalue weighted by Gasteiger charge is -2.19. The Morgan fingerprint density at radius 2 is 2.14 bits per heavy atom. The molecule has 9 heteroatoms. The molecule has 0 aliphatic carbocycles. The molecule has 0 spiro atoms. The summed E-state index contributed by atoms with van der Waals surface area (Å²) in [6, 6.07) is 9.00. The highest BCUT2D eigenvalue weighted by molar-refractivity contribution is 6.04. The molecule has 8 nitrogen and oxygen atoms in total. The molecule has 1 aliphatic rings. The second kappa shape index (κ2) is 9.97. The molecule has 1 saturated heterocycles. The number of ether oxygens (including phenoxy) is 1. The number of methoxy groups -OCH3 is 1. The zero-order valence-electron chi connectivity index (χ0n) is 19.9. The quantitative estimate of drug-likeness (QED) is 0.392. The number of benzene rings is 1. The van der Waals surface area contributed by atoms with Crippen molar-refractivity contribution in [2.45, 2.75) is 38.9 Å². The lowest BCUT2D eigenvalue weighted by atomic mass is 10.1. The van der Waals surface area contributed by atoms with Gasteiger partial charge >= 0.3 is 0 Å². The Kier molecular flexibility index (Phi) is 6.61. The van der Waals surface area contributed by atoms with E-state index in [0.717, 1.165) is 35.2 Å². The van der Waals surface area contributed by atoms with Gasteiger partial charge in [-0.15, -0.1) is 0 Å². The van der Waals surface area contributed by atoms with Gasteiger partial charge in [0.15, 0.2) is 0 Å². The highest BCUT2D eigenvalue weighted by Crippen LogP contribution is 2.24. The van der Waals surface area contributed by atoms with E-state index >= 15 is 0 Å². The maximum atomic E-state index is 14.8. The highest BCUT2D eigenvalue weighted by Gasteiger charge is 2.21. The molecule has 1 fully saturated rings. The normalized spacial score (nSPS) is 16.3. The van der Waals surface area contributed by atoms with E-state index in [1.54, 1.807) is 36.3 Å². The number of carbonyl (C=O) groups excluding carboxylic acids is 1. The fourth-order valence-electron chi connectivity index (χ4n) is 4.57. The van der Waals surface area contributed by atoms with E-state index in [2.05, 4.69) is 38.3 Å². The average Bonchev–Trinajstić information content (AvgIpc) is 3.57. The van der Waals surface area contributed by atoms with Gasteiger partial charge < -0.3 is 15.0 Å². The smallest absolute Gasteiger partial charge is 0.259 e. The number of pyridine rings is 1. The van der Waals surface area contributed by atoms with Crippen LogP contribution in [0.4, 0.5) is 10.2 Å². The van der Waals surface area contributed by atoms with Crippen LogP contribution in [0.3, 0.4) is 0 Å². The number of nitrogens with zero attached hydrogens (tertiary/aromatic N) is 4. The highest BCUT2D eigenvalue weighted by atomic mass is 19.1. The summed E-state index contributed by atoms with van der Waals surface area (Å²) in [5, 5.41) is 7.95. The third kappa shape index (κ3) is 5.11. The van der Waals surface area contributed by atoms with Gasteiger partial charge in [0, 0.05) is 54.8 Å². The number of H-pyrrole nitrogens is 1. The van der Waals surface area contributed by atoms with Gasteiger partial charge in [0.25, 0.3) is 5.91 Å². The molecule has 4 aromatic rings. The van der Waals surface area contributed by atoms with Gasteiger partial charge in [-0.25, -0.2) is 9.37 Å². The van der Waals surface area contributed by atoms with Gasteiger partial charge in [-0.3, -0.25) is 14.4 Å². The number of rotatable bonds is 8. The summed E-state index contributed by atoms with van der Waals surface area (Å²) in [5.74, 6) is -0.782. The van der Waals surface area contributed by atoms with Crippen LogP contribution >= 0.6 is 0 Å². The molecule has 1 aromatic carbocycles. The van der Waals surface area contributed by atoms with Crippen LogP contribution in [0.5, 0.6) is 0 Å². The zero-order valence-corrected chi connectivity index (χ0v) is 19.9. The van der Waals surface area contributed by atoms with Crippen LogP contribution in [0.1, 0.15) is 35.8 Å². The molecule has 2 N–H and O–H groups in total. The molecule has 1 atom stereocenters. The number of hydrogen-bond donors (Lipinski definition) is 2. The maximum absolute atomic E-state index is 14.8. The Labute approximate surface area is 203 Å². The molecule has 0 bridgehead atoms. The van der Waals surface area contributed by atoms with Crippen LogP contribution < -0.4 is 5.32 Å². The van der Waals surface area contributed by atoms with Crippen molar-refractivity contribution in [3.05, 3.63) is 66.0 Å². The van der Waals surface area contributed by atoms with Crippen molar-refractivity contribution in [3.8, 4) is 11.1 Å². The first-order valence-corrected chi connectivity index (χ1v) is 11.8. The van der Waals surface area contributed by atoms with E-state index in [1.165, 1.54) is 25.0 Å². The van der Waals surface area contributed by atoms with E-state index in [1.807, 2.05) is 6.20 Å². The second-order valence-corrected chi connectivity index (χ2v) is 9.05. The topological polar surface area (TPSA) is 88.1 Å². The first-order valence-electron chi connectivity index (χ1n) is 11.8. The molecule has 4 heterocycles. The van der Waals surface area contributed by atoms with Crippen molar-refractivity contribution in [3.63, 3.8) is 0 Å². The van der Waals surface area contributed by atoms with Crippen LogP contribution in [0.2, 0.25) is 0 Å². The average molecular weight is 477 g/mol. The van der Waals surface area contributed by atoms with Crippen molar-refractivity contribution in [2.24, 2.45) is 0 Å². The maximum Gasteiger partial charge on any atom is 0.259 e. The van der Waals surface area contributed by atoms with Gasteiger partial charge in [0.05, 0.1) is 30.4 Å². The van der Waals surface area contributed by atoms with E-state index in [4.69, 9.17) is 4.74 Å². The molecular formula is C26H29FN6O2. The zero-order chi connectivity index (χ0) is 24.4. The summed E-state index contributed by atoms with van der Waals surface area (Å²) in [4.78, 5) is 23.0. The number of anilines is 1. The lowest BCUT2D eigenvalue weighted by molar-refractivity contribution is 0.102. The Bertz CT molecular complexity index is 1350. The molecule has 1 aliphatic heterocycles. The molecule has 0 radical (unpaired) electrons. The van der Waals surface area contributed by atoms with Crippen molar-refractivity contribution in [1.29, 1.82) is 0 Å². The molecule has 35 heavy (non-hydrogen) atoms. The van der Waals surface area contributed by atoms with Gasteiger partial charge in [-0.1, -0.05) is 6.07 Å². The molecule has 182 valence electrons. The Balaban J connectivity index is 1.28. The first kappa shape index (κ1) is 23.2. The first-order chi connectivity index (χ1) is 17.0. The number of carbonyl (C=O) groups is 1. The fourth-order valence-corrected chi connectivity index (χ4v) is 4.57. The van der Waals surface area contributed by atoms with Crippen LogP contribution in [0, 0.1) is 5.82 Å². The largest absolute Gasteiger partial charge is 0.383 e. The number of aromatic amines is 1. The summed E-state index contributed by atoms with van der Waals surface area (Å²) in [6.45, 7) is 5.37. The predicted molar refractivity (Wildman–Crippen MR) is 133 cm³/mol. The van der Waals surface area contributed by atoms with E-state index in [9.17, 15) is 9.18 Å². The van der Waals surface area contributed by atoms with Crippen LogP contribution in [-0.2, 0) is 17.8 Å². The third-order valence-electron chi connectivity index (χ3n) is 6.57. The minimum atomic E-state index is -0.604. The molecule has 5 rings (SSSR count). The minimum absolute atomic E-state index is 0.0439. The number of halogens is 1. The number of amides is 1. The fraction of sp³-hybridized carbons (Fsp3) is 0.346.